The molecule has 3 nitrogen and oxygen atoms in total. The minimum Gasteiger partial charge on any atom is -0.497 e. The van der Waals surface area contributed by atoms with Crippen LogP contribution in [0.2, 0.25) is 0 Å². The first kappa shape index (κ1) is 12.1. The number of hydrogen-bond donors (Lipinski definition) is 2. The molecule has 94 valence electrons. The van der Waals surface area contributed by atoms with E-state index in [1.807, 2.05) is 18.2 Å². The molecular weight excluding hydrogens is 212 g/mol. The SMILES string of the molecule is COc1ccc(N)c(NCC2(C(C)C)CC2)c1. The van der Waals surface area contributed by atoms with Gasteiger partial charge in [0.25, 0.3) is 0 Å². The van der Waals surface area contributed by atoms with Crippen LogP contribution in [-0.4, -0.2) is 13.7 Å². The average molecular weight is 234 g/mol. The maximum atomic E-state index is 5.95. The monoisotopic (exact) mass is 234 g/mol. The molecule has 2 rings (SSSR count). The van der Waals surface area contributed by atoms with Crippen molar-refractivity contribution in [1.82, 2.24) is 0 Å². The Kier molecular flexibility index (Phi) is 3.18. The van der Waals surface area contributed by atoms with E-state index in [1.54, 1.807) is 7.11 Å². The molecule has 0 radical (unpaired) electrons. The lowest BCUT2D eigenvalue weighted by atomic mass is 9.92. The van der Waals surface area contributed by atoms with Crippen LogP contribution in [0, 0.1) is 11.3 Å². The van der Waals surface area contributed by atoms with Crippen LogP contribution in [0.4, 0.5) is 11.4 Å². The summed E-state index contributed by atoms with van der Waals surface area (Å²) in [4.78, 5) is 0. The zero-order chi connectivity index (χ0) is 12.5. The predicted molar refractivity (Wildman–Crippen MR) is 72.4 cm³/mol. The van der Waals surface area contributed by atoms with Gasteiger partial charge in [-0.1, -0.05) is 13.8 Å². The summed E-state index contributed by atoms with van der Waals surface area (Å²) in [5, 5.41) is 3.47. The maximum absolute atomic E-state index is 5.95. The zero-order valence-corrected chi connectivity index (χ0v) is 10.9. The van der Waals surface area contributed by atoms with E-state index in [4.69, 9.17) is 10.5 Å². The fraction of sp³-hybridized carbons (Fsp3) is 0.571. The van der Waals surface area contributed by atoms with Crippen LogP contribution in [0.3, 0.4) is 0 Å². The Labute approximate surface area is 103 Å². The number of methoxy groups -OCH3 is 1. The third-order valence-corrected chi connectivity index (χ3v) is 4.01. The van der Waals surface area contributed by atoms with Crippen molar-refractivity contribution in [2.45, 2.75) is 26.7 Å². The number of benzene rings is 1. The summed E-state index contributed by atoms with van der Waals surface area (Å²) in [5.41, 5.74) is 8.20. The smallest absolute Gasteiger partial charge is 0.121 e. The van der Waals surface area contributed by atoms with Gasteiger partial charge in [-0.25, -0.2) is 0 Å². The van der Waals surface area contributed by atoms with Gasteiger partial charge in [0.15, 0.2) is 0 Å². The van der Waals surface area contributed by atoms with Crippen LogP contribution in [0.1, 0.15) is 26.7 Å². The number of ether oxygens (including phenoxy) is 1. The highest BCUT2D eigenvalue weighted by Gasteiger charge is 2.44. The number of anilines is 2. The van der Waals surface area contributed by atoms with Gasteiger partial charge in [0.05, 0.1) is 18.5 Å². The quantitative estimate of drug-likeness (QED) is 0.769. The molecule has 0 amide bonds. The molecule has 0 unspecified atom stereocenters. The first-order valence-electron chi connectivity index (χ1n) is 6.25. The Balaban J connectivity index is 2.04. The molecule has 1 fully saturated rings. The van der Waals surface area contributed by atoms with E-state index in [9.17, 15) is 0 Å². The fourth-order valence-corrected chi connectivity index (χ4v) is 2.21. The first-order chi connectivity index (χ1) is 8.07. The summed E-state index contributed by atoms with van der Waals surface area (Å²) >= 11 is 0. The number of nitrogen functional groups attached to an aromatic ring is 1. The lowest BCUT2D eigenvalue weighted by Gasteiger charge is -2.21. The highest BCUT2D eigenvalue weighted by Crippen LogP contribution is 2.51. The molecule has 0 heterocycles. The topological polar surface area (TPSA) is 47.3 Å². The molecular formula is C14H22N2O. The van der Waals surface area contributed by atoms with Gasteiger partial charge in [-0.05, 0) is 36.3 Å². The summed E-state index contributed by atoms with van der Waals surface area (Å²) in [5.74, 6) is 1.57. The predicted octanol–water partition coefficient (Wildman–Crippen LogP) is 3.13. The Morgan fingerprint density at radius 2 is 2.12 bits per heavy atom. The minimum atomic E-state index is 0.482. The molecule has 1 aromatic carbocycles. The molecule has 3 heteroatoms. The Morgan fingerprint density at radius 1 is 1.41 bits per heavy atom. The molecule has 0 aromatic heterocycles. The largest absolute Gasteiger partial charge is 0.497 e. The maximum Gasteiger partial charge on any atom is 0.121 e. The van der Waals surface area contributed by atoms with Crippen molar-refractivity contribution in [1.29, 1.82) is 0 Å². The van der Waals surface area contributed by atoms with Crippen LogP contribution in [0.15, 0.2) is 18.2 Å². The third kappa shape index (κ3) is 2.48. The van der Waals surface area contributed by atoms with Crippen molar-refractivity contribution in [2.75, 3.05) is 24.7 Å². The molecule has 1 saturated carbocycles. The van der Waals surface area contributed by atoms with E-state index in [0.717, 1.165) is 29.6 Å². The van der Waals surface area contributed by atoms with Crippen LogP contribution in [0.25, 0.3) is 0 Å². The molecule has 0 bridgehead atoms. The summed E-state index contributed by atoms with van der Waals surface area (Å²) in [6.45, 7) is 5.59. The van der Waals surface area contributed by atoms with Crippen molar-refractivity contribution in [3.8, 4) is 5.75 Å². The van der Waals surface area contributed by atoms with Gasteiger partial charge in [-0.2, -0.15) is 0 Å². The lowest BCUT2D eigenvalue weighted by molar-refractivity contribution is 0.380. The van der Waals surface area contributed by atoms with Crippen LogP contribution >= 0.6 is 0 Å². The van der Waals surface area contributed by atoms with Gasteiger partial charge in [0.2, 0.25) is 0 Å². The average Bonchev–Trinajstić information content (AvgIpc) is 3.09. The highest BCUT2D eigenvalue weighted by atomic mass is 16.5. The van der Waals surface area contributed by atoms with Crippen LogP contribution in [-0.2, 0) is 0 Å². The lowest BCUT2D eigenvalue weighted by Crippen LogP contribution is -2.21. The fourth-order valence-electron chi connectivity index (χ4n) is 2.21. The highest BCUT2D eigenvalue weighted by molar-refractivity contribution is 5.68. The van der Waals surface area contributed by atoms with Crippen molar-refractivity contribution in [3.05, 3.63) is 18.2 Å². The minimum absolute atomic E-state index is 0.482. The molecule has 1 aromatic rings. The second kappa shape index (κ2) is 4.47. The van der Waals surface area contributed by atoms with E-state index in [1.165, 1.54) is 12.8 Å². The molecule has 3 N–H and O–H groups in total. The van der Waals surface area contributed by atoms with E-state index >= 15 is 0 Å². The van der Waals surface area contributed by atoms with Crippen molar-refractivity contribution in [3.63, 3.8) is 0 Å². The van der Waals surface area contributed by atoms with E-state index < -0.39 is 0 Å². The van der Waals surface area contributed by atoms with Gasteiger partial charge in [-0.3, -0.25) is 0 Å². The third-order valence-electron chi connectivity index (χ3n) is 4.01. The molecule has 0 spiro atoms. The summed E-state index contributed by atoms with van der Waals surface area (Å²) in [6, 6.07) is 5.73. The first-order valence-corrected chi connectivity index (χ1v) is 6.25. The molecule has 0 aliphatic heterocycles. The van der Waals surface area contributed by atoms with Crippen molar-refractivity contribution in [2.24, 2.45) is 11.3 Å². The van der Waals surface area contributed by atoms with E-state index in [0.29, 0.717) is 5.41 Å². The second-order valence-corrected chi connectivity index (χ2v) is 5.32. The van der Waals surface area contributed by atoms with Gasteiger partial charge < -0.3 is 15.8 Å². The molecule has 17 heavy (non-hydrogen) atoms. The van der Waals surface area contributed by atoms with E-state index in [-0.39, 0.29) is 0 Å². The van der Waals surface area contributed by atoms with Crippen molar-refractivity contribution < 1.29 is 4.74 Å². The summed E-state index contributed by atoms with van der Waals surface area (Å²) < 4.78 is 5.21. The molecule has 1 aliphatic carbocycles. The molecule has 0 saturated heterocycles. The molecule has 1 aliphatic rings. The standard InChI is InChI=1S/C14H22N2O/c1-10(2)14(6-7-14)9-16-13-8-11(17-3)4-5-12(13)15/h4-5,8,10,16H,6-7,9,15H2,1-3H3. The number of hydrogen-bond acceptors (Lipinski definition) is 3. The second-order valence-electron chi connectivity index (χ2n) is 5.32. The number of rotatable bonds is 5. The molecule has 0 atom stereocenters. The van der Waals surface area contributed by atoms with Crippen molar-refractivity contribution >= 4 is 11.4 Å². The Bertz CT molecular complexity index is 397. The number of nitrogens with one attached hydrogen (secondary N) is 1. The van der Waals surface area contributed by atoms with Gasteiger partial charge >= 0.3 is 0 Å². The summed E-state index contributed by atoms with van der Waals surface area (Å²) in [7, 11) is 1.67. The van der Waals surface area contributed by atoms with Gasteiger partial charge in [0, 0.05) is 12.6 Å². The Morgan fingerprint density at radius 3 is 2.65 bits per heavy atom. The number of nitrogens with two attached hydrogens (primary N) is 1. The zero-order valence-electron chi connectivity index (χ0n) is 10.9. The van der Waals surface area contributed by atoms with Gasteiger partial charge in [0.1, 0.15) is 5.75 Å². The van der Waals surface area contributed by atoms with Gasteiger partial charge in [-0.15, -0.1) is 0 Å². The normalized spacial score (nSPS) is 16.9. The van der Waals surface area contributed by atoms with E-state index in [2.05, 4.69) is 19.2 Å². The van der Waals surface area contributed by atoms with Crippen LogP contribution < -0.4 is 15.8 Å². The summed E-state index contributed by atoms with van der Waals surface area (Å²) in [6.07, 6.45) is 2.64. The Hall–Kier alpha value is -1.38. The van der Waals surface area contributed by atoms with Crippen LogP contribution in [0.5, 0.6) is 5.75 Å².